The minimum atomic E-state index is -1.05. The van der Waals surface area contributed by atoms with Crippen molar-refractivity contribution in [1.82, 2.24) is 15.0 Å². The molecular formula is C15H14N4O2. The van der Waals surface area contributed by atoms with Crippen molar-refractivity contribution in [3.05, 3.63) is 54.4 Å². The fourth-order valence-electron chi connectivity index (χ4n) is 2.23. The highest BCUT2D eigenvalue weighted by molar-refractivity contribution is 5.89. The smallest absolute Gasteiger partial charge is 0.320 e. The zero-order valence-electron chi connectivity index (χ0n) is 11.2. The molecule has 0 saturated heterocycles. The summed E-state index contributed by atoms with van der Waals surface area (Å²) in [5.74, 6) is -1.05. The lowest BCUT2D eigenvalue weighted by Crippen LogP contribution is -2.32. The van der Waals surface area contributed by atoms with E-state index in [0.29, 0.717) is 5.69 Å². The maximum absolute atomic E-state index is 10.8. The number of benzene rings is 2. The number of aromatic nitrogens is 3. The summed E-state index contributed by atoms with van der Waals surface area (Å²) in [6, 6.07) is 12.9. The van der Waals surface area contributed by atoms with E-state index in [1.54, 1.807) is 10.9 Å². The highest BCUT2D eigenvalue weighted by Crippen LogP contribution is 2.21. The van der Waals surface area contributed by atoms with Gasteiger partial charge in [0.2, 0.25) is 0 Å². The third-order valence-corrected chi connectivity index (χ3v) is 3.30. The van der Waals surface area contributed by atoms with Gasteiger partial charge in [0, 0.05) is 11.8 Å². The highest BCUT2D eigenvalue weighted by Gasteiger charge is 2.15. The largest absolute Gasteiger partial charge is 0.480 e. The average molecular weight is 282 g/mol. The predicted molar refractivity (Wildman–Crippen MR) is 78.2 cm³/mol. The van der Waals surface area contributed by atoms with Gasteiger partial charge in [-0.3, -0.25) is 4.79 Å². The van der Waals surface area contributed by atoms with Gasteiger partial charge < -0.3 is 10.8 Å². The van der Waals surface area contributed by atoms with Gasteiger partial charge in [-0.2, -0.15) is 0 Å². The monoisotopic (exact) mass is 282 g/mol. The van der Waals surface area contributed by atoms with Crippen molar-refractivity contribution in [3.8, 4) is 5.69 Å². The number of hydrogen-bond acceptors (Lipinski definition) is 4. The highest BCUT2D eigenvalue weighted by atomic mass is 16.4. The van der Waals surface area contributed by atoms with Gasteiger partial charge in [-0.15, -0.1) is 5.10 Å². The lowest BCUT2D eigenvalue weighted by Gasteiger charge is -2.05. The topological polar surface area (TPSA) is 94.0 Å². The van der Waals surface area contributed by atoms with Gasteiger partial charge in [-0.05, 0) is 11.5 Å². The van der Waals surface area contributed by atoms with Crippen LogP contribution in [0.1, 0.15) is 5.69 Å². The Balaban J connectivity index is 1.97. The Morgan fingerprint density at radius 1 is 1.24 bits per heavy atom. The molecule has 3 rings (SSSR count). The van der Waals surface area contributed by atoms with Gasteiger partial charge in [0.15, 0.2) is 0 Å². The molecule has 0 spiro atoms. The average Bonchev–Trinajstić information content (AvgIpc) is 2.95. The number of carboxylic acids is 1. The predicted octanol–water partition coefficient (Wildman–Crippen LogP) is 1.37. The summed E-state index contributed by atoms with van der Waals surface area (Å²) in [5, 5.41) is 19.0. The molecule has 3 aromatic rings. The molecule has 0 aliphatic carbocycles. The van der Waals surface area contributed by atoms with Crippen molar-refractivity contribution < 1.29 is 9.90 Å². The number of nitrogens with two attached hydrogens (primary N) is 1. The van der Waals surface area contributed by atoms with Crippen LogP contribution >= 0.6 is 0 Å². The second kappa shape index (κ2) is 5.34. The quantitative estimate of drug-likeness (QED) is 0.753. The molecule has 3 N–H and O–H groups in total. The van der Waals surface area contributed by atoms with Gasteiger partial charge in [0.05, 0.1) is 17.6 Å². The molecular weight excluding hydrogens is 268 g/mol. The Morgan fingerprint density at radius 3 is 2.81 bits per heavy atom. The Hall–Kier alpha value is -2.73. The fourth-order valence-corrected chi connectivity index (χ4v) is 2.23. The summed E-state index contributed by atoms with van der Waals surface area (Å²) in [5.41, 5.74) is 6.96. The Bertz CT molecular complexity index is 792. The molecule has 21 heavy (non-hydrogen) atoms. The fraction of sp³-hybridized carbons (Fsp3) is 0.133. The normalized spacial score (nSPS) is 12.4. The molecule has 0 amide bonds. The van der Waals surface area contributed by atoms with Gasteiger partial charge in [-0.1, -0.05) is 41.6 Å². The summed E-state index contributed by atoms with van der Waals surface area (Å²) in [4.78, 5) is 10.8. The zero-order chi connectivity index (χ0) is 14.8. The van der Waals surface area contributed by atoms with Crippen LogP contribution in [0.25, 0.3) is 16.5 Å². The van der Waals surface area contributed by atoms with E-state index in [4.69, 9.17) is 10.8 Å². The van der Waals surface area contributed by atoms with E-state index in [-0.39, 0.29) is 6.42 Å². The molecule has 2 aromatic carbocycles. The van der Waals surface area contributed by atoms with E-state index >= 15 is 0 Å². The molecule has 1 unspecified atom stereocenters. The second-order valence-electron chi connectivity index (χ2n) is 4.80. The summed E-state index contributed by atoms with van der Waals surface area (Å²) in [6.07, 6.45) is 1.87. The van der Waals surface area contributed by atoms with E-state index in [9.17, 15) is 4.79 Å². The van der Waals surface area contributed by atoms with Gasteiger partial charge in [-0.25, -0.2) is 4.68 Å². The molecule has 1 atom stereocenters. The van der Waals surface area contributed by atoms with Crippen LogP contribution in [0.15, 0.2) is 48.7 Å². The number of hydrogen-bond donors (Lipinski definition) is 2. The number of nitrogens with zero attached hydrogens (tertiary/aromatic N) is 3. The summed E-state index contributed by atoms with van der Waals surface area (Å²) in [7, 11) is 0. The molecule has 0 radical (unpaired) electrons. The SMILES string of the molecule is NC(Cc1cn(-c2cccc3ccccc23)nn1)C(=O)O. The van der Waals surface area contributed by atoms with Crippen molar-refractivity contribution in [2.24, 2.45) is 5.73 Å². The Morgan fingerprint density at radius 2 is 2.00 bits per heavy atom. The molecule has 0 aliphatic rings. The number of aliphatic carboxylic acids is 1. The standard InChI is InChI=1S/C15H14N4O2/c16-13(15(20)21)8-11-9-19(18-17-11)14-7-3-5-10-4-1-2-6-12(10)14/h1-7,9,13H,8,16H2,(H,20,21). The van der Waals surface area contributed by atoms with Crippen molar-refractivity contribution >= 4 is 16.7 Å². The van der Waals surface area contributed by atoms with Crippen LogP contribution in [0.2, 0.25) is 0 Å². The summed E-state index contributed by atoms with van der Waals surface area (Å²) >= 11 is 0. The molecule has 1 aromatic heterocycles. The van der Waals surface area contributed by atoms with Crippen LogP contribution < -0.4 is 5.73 Å². The third kappa shape index (κ3) is 2.61. The molecule has 0 fully saturated rings. The molecule has 6 heteroatoms. The number of rotatable bonds is 4. The molecule has 0 saturated carbocycles. The van der Waals surface area contributed by atoms with Crippen LogP contribution in [0.4, 0.5) is 0 Å². The number of fused-ring (bicyclic) bond motifs is 1. The lowest BCUT2D eigenvalue weighted by molar-refractivity contribution is -0.138. The van der Waals surface area contributed by atoms with Gasteiger partial charge >= 0.3 is 5.97 Å². The van der Waals surface area contributed by atoms with E-state index < -0.39 is 12.0 Å². The van der Waals surface area contributed by atoms with Crippen LogP contribution in [-0.4, -0.2) is 32.1 Å². The maximum atomic E-state index is 10.8. The third-order valence-electron chi connectivity index (χ3n) is 3.30. The van der Waals surface area contributed by atoms with E-state index in [2.05, 4.69) is 10.3 Å². The first-order chi connectivity index (χ1) is 10.1. The van der Waals surface area contributed by atoms with Crippen molar-refractivity contribution in [3.63, 3.8) is 0 Å². The van der Waals surface area contributed by atoms with Gasteiger partial charge in [0.25, 0.3) is 0 Å². The summed E-state index contributed by atoms with van der Waals surface area (Å²) in [6.45, 7) is 0. The van der Waals surface area contributed by atoms with Crippen LogP contribution in [-0.2, 0) is 11.2 Å². The molecule has 0 bridgehead atoms. The first-order valence-corrected chi connectivity index (χ1v) is 6.53. The van der Waals surface area contributed by atoms with E-state index in [1.807, 2.05) is 42.5 Å². The zero-order valence-corrected chi connectivity index (χ0v) is 11.2. The number of carboxylic acid groups (broad SMARTS) is 1. The van der Waals surface area contributed by atoms with E-state index in [1.165, 1.54) is 0 Å². The second-order valence-corrected chi connectivity index (χ2v) is 4.80. The first-order valence-electron chi connectivity index (χ1n) is 6.53. The molecule has 0 aliphatic heterocycles. The van der Waals surface area contributed by atoms with Crippen LogP contribution in [0, 0.1) is 0 Å². The van der Waals surface area contributed by atoms with Crippen molar-refractivity contribution in [2.75, 3.05) is 0 Å². The molecule has 6 nitrogen and oxygen atoms in total. The van der Waals surface area contributed by atoms with E-state index in [0.717, 1.165) is 16.5 Å². The number of carbonyl (C=O) groups is 1. The van der Waals surface area contributed by atoms with Gasteiger partial charge in [0.1, 0.15) is 6.04 Å². The lowest BCUT2D eigenvalue weighted by atomic mass is 10.1. The summed E-state index contributed by atoms with van der Waals surface area (Å²) < 4.78 is 1.65. The minimum Gasteiger partial charge on any atom is -0.480 e. The van der Waals surface area contributed by atoms with Crippen molar-refractivity contribution in [2.45, 2.75) is 12.5 Å². The molecule has 106 valence electrons. The molecule has 1 heterocycles. The van der Waals surface area contributed by atoms with Crippen molar-refractivity contribution in [1.29, 1.82) is 0 Å². The Labute approximate surface area is 120 Å². The minimum absolute atomic E-state index is 0.153. The van der Waals surface area contributed by atoms with Crippen LogP contribution in [0.5, 0.6) is 0 Å². The maximum Gasteiger partial charge on any atom is 0.320 e. The van der Waals surface area contributed by atoms with Crippen LogP contribution in [0.3, 0.4) is 0 Å². The Kier molecular flexibility index (Phi) is 3.37. The first kappa shape index (κ1) is 13.3.